The van der Waals surface area contributed by atoms with E-state index in [0.717, 1.165) is 10.7 Å². The molecule has 0 bridgehead atoms. The molecular weight excluding hydrogens is 316 g/mol. The zero-order valence-electron chi connectivity index (χ0n) is 12.9. The summed E-state index contributed by atoms with van der Waals surface area (Å²) in [5.41, 5.74) is 1.19. The van der Waals surface area contributed by atoms with Crippen LogP contribution in [0.15, 0.2) is 29.6 Å². The number of nitrogens with one attached hydrogen (secondary N) is 1. The lowest BCUT2D eigenvalue weighted by atomic mass is 10.1. The van der Waals surface area contributed by atoms with Crippen LogP contribution in [0.4, 0.5) is 0 Å². The van der Waals surface area contributed by atoms with Gasteiger partial charge in [0.2, 0.25) is 0 Å². The summed E-state index contributed by atoms with van der Waals surface area (Å²) in [6.07, 6.45) is 0.320. The van der Waals surface area contributed by atoms with E-state index in [1.54, 1.807) is 42.5 Å². The second kappa shape index (κ2) is 7.73. The number of ether oxygens (including phenoxy) is 1. The van der Waals surface area contributed by atoms with Gasteiger partial charge in [-0.1, -0.05) is 13.0 Å². The molecule has 1 aromatic heterocycles. The van der Waals surface area contributed by atoms with Crippen molar-refractivity contribution in [2.24, 2.45) is 0 Å². The molecule has 2 rings (SSSR count). The Kier molecular flexibility index (Phi) is 5.70. The van der Waals surface area contributed by atoms with E-state index in [2.05, 4.69) is 10.3 Å². The van der Waals surface area contributed by atoms with Gasteiger partial charge in [0.25, 0.3) is 5.91 Å². The second-order valence-electron chi connectivity index (χ2n) is 4.95. The van der Waals surface area contributed by atoms with Crippen LogP contribution in [0.1, 0.15) is 34.4 Å². The molecule has 0 saturated heterocycles. The highest BCUT2D eigenvalue weighted by molar-refractivity contribution is 7.09. The fraction of sp³-hybridized carbons (Fsp3) is 0.312. The summed E-state index contributed by atoms with van der Waals surface area (Å²) in [6.45, 7) is 3.95. The molecule has 6 nitrogen and oxygen atoms in total. The lowest BCUT2D eigenvalue weighted by Crippen LogP contribution is -2.40. The zero-order valence-corrected chi connectivity index (χ0v) is 13.7. The van der Waals surface area contributed by atoms with Crippen molar-refractivity contribution in [1.29, 1.82) is 0 Å². The van der Waals surface area contributed by atoms with Gasteiger partial charge in [-0.05, 0) is 31.5 Å². The monoisotopic (exact) mass is 334 g/mol. The summed E-state index contributed by atoms with van der Waals surface area (Å²) in [5.74, 6) is -0.951. The zero-order chi connectivity index (χ0) is 16.8. The molecule has 0 spiro atoms. The maximum absolute atomic E-state index is 12.1. The second-order valence-corrected chi connectivity index (χ2v) is 6.01. The molecular formula is C16H18N2O4S. The minimum Gasteiger partial charge on any atom is -0.487 e. The van der Waals surface area contributed by atoms with Crippen molar-refractivity contribution < 1.29 is 19.4 Å². The fourth-order valence-corrected chi connectivity index (χ4v) is 2.54. The van der Waals surface area contributed by atoms with E-state index in [1.165, 1.54) is 0 Å². The number of hydrogen-bond donors (Lipinski definition) is 2. The smallest absolute Gasteiger partial charge is 0.326 e. The number of carboxylic acids is 1. The van der Waals surface area contributed by atoms with Crippen molar-refractivity contribution in [3.8, 4) is 5.75 Å². The Morgan fingerprint density at radius 3 is 2.83 bits per heavy atom. The Morgan fingerprint density at radius 2 is 2.22 bits per heavy atom. The van der Waals surface area contributed by atoms with Crippen LogP contribution in [0.5, 0.6) is 5.75 Å². The van der Waals surface area contributed by atoms with Crippen molar-refractivity contribution in [3.63, 3.8) is 0 Å². The Hall–Kier alpha value is -2.41. The highest BCUT2D eigenvalue weighted by Gasteiger charge is 2.18. The van der Waals surface area contributed by atoms with E-state index in [9.17, 15) is 9.59 Å². The summed E-state index contributed by atoms with van der Waals surface area (Å²) >= 11 is 1.55. The van der Waals surface area contributed by atoms with Crippen molar-refractivity contribution in [2.45, 2.75) is 32.9 Å². The highest BCUT2D eigenvalue weighted by atomic mass is 32.1. The average Bonchev–Trinajstić information content (AvgIpc) is 2.96. The third-order valence-electron chi connectivity index (χ3n) is 3.16. The first kappa shape index (κ1) is 17.0. The molecule has 1 heterocycles. The van der Waals surface area contributed by atoms with Crippen molar-refractivity contribution in [1.82, 2.24) is 10.3 Å². The molecule has 1 unspecified atom stereocenters. The molecule has 0 aliphatic heterocycles. The predicted octanol–water partition coefficient (Wildman–Crippen LogP) is 2.62. The number of carboxylic acid groups (broad SMARTS) is 1. The van der Waals surface area contributed by atoms with Crippen molar-refractivity contribution >= 4 is 23.2 Å². The number of rotatable bonds is 7. The molecule has 23 heavy (non-hydrogen) atoms. The first-order valence-corrected chi connectivity index (χ1v) is 8.05. The van der Waals surface area contributed by atoms with Gasteiger partial charge in [0, 0.05) is 10.9 Å². The van der Waals surface area contributed by atoms with Gasteiger partial charge in [0.15, 0.2) is 0 Å². The molecule has 7 heteroatoms. The molecule has 0 saturated carbocycles. The molecule has 0 fully saturated rings. The highest BCUT2D eigenvalue weighted by Crippen LogP contribution is 2.16. The number of amides is 1. The molecule has 1 amide bonds. The standard InChI is InChI=1S/C16H18N2O4S/c1-3-14(16(20)21)18-15(19)11-5-4-6-13(7-11)22-8-12-9-23-10(2)17-12/h4-7,9,14H,3,8H2,1-2H3,(H,18,19)(H,20,21). The lowest BCUT2D eigenvalue weighted by Gasteiger charge is -2.13. The van der Waals surface area contributed by atoms with Crippen LogP contribution in [0.3, 0.4) is 0 Å². The van der Waals surface area contributed by atoms with E-state index in [0.29, 0.717) is 24.3 Å². The maximum Gasteiger partial charge on any atom is 0.326 e. The number of carbonyl (C=O) groups excluding carboxylic acids is 1. The number of carbonyl (C=O) groups is 2. The number of benzene rings is 1. The van der Waals surface area contributed by atoms with Gasteiger partial charge in [-0.3, -0.25) is 4.79 Å². The number of nitrogens with zero attached hydrogens (tertiary/aromatic N) is 1. The average molecular weight is 334 g/mol. The minimum atomic E-state index is -1.05. The van der Waals surface area contributed by atoms with E-state index >= 15 is 0 Å². The van der Waals surface area contributed by atoms with Gasteiger partial charge >= 0.3 is 5.97 Å². The molecule has 1 atom stereocenters. The Labute approximate surface area is 138 Å². The van der Waals surface area contributed by atoms with Crippen LogP contribution in [-0.2, 0) is 11.4 Å². The third kappa shape index (κ3) is 4.79. The van der Waals surface area contributed by atoms with Crippen LogP contribution in [0.2, 0.25) is 0 Å². The number of aryl methyl sites for hydroxylation is 1. The van der Waals surface area contributed by atoms with E-state index < -0.39 is 17.9 Å². The largest absolute Gasteiger partial charge is 0.487 e. The topological polar surface area (TPSA) is 88.5 Å². The summed E-state index contributed by atoms with van der Waals surface area (Å²) in [5, 5.41) is 14.4. The molecule has 122 valence electrons. The minimum absolute atomic E-state index is 0.320. The van der Waals surface area contributed by atoms with E-state index in [4.69, 9.17) is 9.84 Å². The van der Waals surface area contributed by atoms with Gasteiger partial charge in [0.05, 0.1) is 10.7 Å². The number of aliphatic carboxylic acids is 1. The first-order valence-electron chi connectivity index (χ1n) is 7.17. The van der Waals surface area contributed by atoms with Crippen LogP contribution in [0, 0.1) is 6.92 Å². The Morgan fingerprint density at radius 1 is 1.43 bits per heavy atom. The number of hydrogen-bond acceptors (Lipinski definition) is 5. The van der Waals surface area contributed by atoms with E-state index in [-0.39, 0.29) is 0 Å². The van der Waals surface area contributed by atoms with Crippen LogP contribution >= 0.6 is 11.3 Å². The molecule has 2 aromatic rings. The normalized spacial score (nSPS) is 11.7. The summed E-state index contributed by atoms with van der Waals surface area (Å²) < 4.78 is 5.62. The van der Waals surface area contributed by atoms with Gasteiger partial charge in [-0.15, -0.1) is 11.3 Å². The predicted molar refractivity (Wildman–Crippen MR) is 86.8 cm³/mol. The van der Waals surface area contributed by atoms with Crippen LogP contribution in [-0.4, -0.2) is 28.0 Å². The summed E-state index contributed by atoms with van der Waals surface area (Å²) in [6, 6.07) is 5.74. The van der Waals surface area contributed by atoms with Crippen LogP contribution in [0.25, 0.3) is 0 Å². The first-order chi connectivity index (χ1) is 11.0. The molecule has 2 N–H and O–H groups in total. The van der Waals surface area contributed by atoms with Gasteiger partial charge in [-0.25, -0.2) is 9.78 Å². The van der Waals surface area contributed by atoms with Crippen LogP contribution < -0.4 is 10.1 Å². The van der Waals surface area contributed by atoms with Gasteiger partial charge in [-0.2, -0.15) is 0 Å². The Balaban J connectivity index is 2.01. The third-order valence-corrected chi connectivity index (χ3v) is 3.98. The molecule has 0 aliphatic rings. The molecule has 1 aromatic carbocycles. The molecule has 0 radical (unpaired) electrons. The van der Waals surface area contributed by atoms with Gasteiger partial charge in [0.1, 0.15) is 18.4 Å². The quantitative estimate of drug-likeness (QED) is 0.812. The Bertz CT molecular complexity index is 699. The number of thiazole rings is 1. The van der Waals surface area contributed by atoms with Gasteiger partial charge < -0.3 is 15.2 Å². The SMILES string of the molecule is CCC(NC(=O)c1cccc(OCc2csc(C)n2)c1)C(=O)O. The fourth-order valence-electron chi connectivity index (χ4n) is 1.94. The molecule has 0 aliphatic carbocycles. The summed E-state index contributed by atoms with van der Waals surface area (Å²) in [7, 11) is 0. The van der Waals surface area contributed by atoms with Crippen molar-refractivity contribution in [2.75, 3.05) is 0 Å². The maximum atomic E-state index is 12.1. The number of aromatic nitrogens is 1. The van der Waals surface area contributed by atoms with E-state index in [1.807, 2.05) is 12.3 Å². The lowest BCUT2D eigenvalue weighted by molar-refractivity contribution is -0.139. The van der Waals surface area contributed by atoms with Crippen molar-refractivity contribution in [3.05, 3.63) is 45.9 Å². The summed E-state index contributed by atoms with van der Waals surface area (Å²) in [4.78, 5) is 27.4.